The molecule has 3 aromatic rings. The van der Waals surface area contributed by atoms with Crippen molar-refractivity contribution in [1.82, 2.24) is 10.2 Å². The number of benzene rings is 3. The SMILES string of the molecule is C[C@H](/C=C/CC(=O)N1Cc2ccccc2C[C@H]1CO)[C@@]1(O)C(=O)N(Cc2cccc(N3CCNCC3=O)c2)c2ccc(Br)cc21. The van der Waals surface area contributed by atoms with Crippen LogP contribution in [0.2, 0.25) is 0 Å². The summed E-state index contributed by atoms with van der Waals surface area (Å²) in [6.45, 7) is 3.88. The minimum Gasteiger partial charge on any atom is -0.394 e. The van der Waals surface area contributed by atoms with Crippen LogP contribution in [0, 0.1) is 5.92 Å². The largest absolute Gasteiger partial charge is 0.394 e. The van der Waals surface area contributed by atoms with Crippen LogP contribution in [-0.2, 0) is 39.5 Å². The molecule has 0 spiro atoms. The Bertz CT molecular complexity index is 1660. The zero-order chi connectivity index (χ0) is 31.7. The van der Waals surface area contributed by atoms with Gasteiger partial charge in [0, 0.05) is 47.7 Å². The third kappa shape index (κ3) is 5.95. The van der Waals surface area contributed by atoms with Gasteiger partial charge in [-0.3, -0.25) is 14.4 Å². The van der Waals surface area contributed by atoms with Crippen molar-refractivity contribution in [2.24, 2.45) is 5.92 Å². The second-order valence-corrected chi connectivity index (χ2v) is 12.9. The minimum atomic E-state index is -1.84. The molecule has 3 amide bonds. The van der Waals surface area contributed by atoms with E-state index >= 15 is 0 Å². The summed E-state index contributed by atoms with van der Waals surface area (Å²) in [5, 5.41) is 25.2. The number of amides is 3. The highest BCUT2D eigenvalue weighted by atomic mass is 79.9. The summed E-state index contributed by atoms with van der Waals surface area (Å²) in [6, 6.07) is 20.7. The predicted octanol–water partition coefficient (Wildman–Crippen LogP) is 3.65. The topological polar surface area (TPSA) is 113 Å². The number of halogens is 1. The molecule has 10 heteroatoms. The average molecular weight is 674 g/mol. The van der Waals surface area contributed by atoms with E-state index in [1.807, 2.05) is 60.7 Å². The molecule has 0 radical (unpaired) electrons. The van der Waals surface area contributed by atoms with Gasteiger partial charge in [-0.2, -0.15) is 0 Å². The molecular weight excluding hydrogens is 636 g/mol. The molecule has 0 aromatic heterocycles. The maximum atomic E-state index is 14.1. The molecule has 45 heavy (non-hydrogen) atoms. The fourth-order valence-corrected chi connectivity index (χ4v) is 6.99. The van der Waals surface area contributed by atoms with E-state index in [2.05, 4.69) is 21.2 Å². The number of hydrogen-bond acceptors (Lipinski definition) is 6. The Balaban J connectivity index is 1.20. The molecule has 0 saturated carbocycles. The van der Waals surface area contributed by atoms with Crippen LogP contribution in [0.4, 0.5) is 11.4 Å². The van der Waals surface area contributed by atoms with Crippen molar-refractivity contribution in [3.05, 3.63) is 106 Å². The van der Waals surface area contributed by atoms with Crippen LogP contribution in [0.25, 0.3) is 0 Å². The summed E-state index contributed by atoms with van der Waals surface area (Å²) in [6.07, 6.45) is 4.12. The van der Waals surface area contributed by atoms with Gasteiger partial charge in [0.2, 0.25) is 11.8 Å². The predicted molar refractivity (Wildman–Crippen MR) is 175 cm³/mol. The van der Waals surface area contributed by atoms with Crippen molar-refractivity contribution in [3.8, 4) is 0 Å². The lowest BCUT2D eigenvalue weighted by atomic mass is 9.83. The number of carbonyl (C=O) groups excluding carboxylic acids is 3. The fourth-order valence-electron chi connectivity index (χ4n) is 6.63. The first kappa shape index (κ1) is 31.2. The van der Waals surface area contributed by atoms with E-state index in [1.165, 1.54) is 0 Å². The first-order valence-electron chi connectivity index (χ1n) is 15.3. The highest BCUT2D eigenvalue weighted by molar-refractivity contribution is 9.10. The number of nitrogens with zero attached hydrogens (tertiary/aromatic N) is 3. The third-order valence-corrected chi connectivity index (χ3v) is 9.64. The summed E-state index contributed by atoms with van der Waals surface area (Å²) >= 11 is 3.50. The van der Waals surface area contributed by atoms with Crippen LogP contribution in [0.5, 0.6) is 0 Å². The van der Waals surface area contributed by atoms with Gasteiger partial charge in [0.1, 0.15) is 0 Å². The molecule has 3 atom stereocenters. The van der Waals surface area contributed by atoms with E-state index in [0.29, 0.717) is 37.3 Å². The van der Waals surface area contributed by atoms with Crippen molar-refractivity contribution in [2.45, 2.75) is 44.5 Å². The number of piperazine rings is 1. The van der Waals surface area contributed by atoms with Crippen molar-refractivity contribution < 1.29 is 24.6 Å². The van der Waals surface area contributed by atoms with Crippen LogP contribution >= 0.6 is 15.9 Å². The average Bonchev–Trinajstić information content (AvgIpc) is 3.26. The van der Waals surface area contributed by atoms with E-state index in [4.69, 9.17) is 0 Å². The van der Waals surface area contributed by atoms with Crippen LogP contribution in [-0.4, -0.2) is 65.1 Å². The Morgan fingerprint density at radius 2 is 1.91 bits per heavy atom. The van der Waals surface area contributed by atoms with E-state index < -0.39 is 17.4 Å². The van der Waals surface area contributed by atoms with Gasteiger partial charge in [-0.1, -0.05) is 71.4 Å². The second-order valence-electron chi connectivity index (χ2n) is 12.0. The van der Waals surface area contributed by atoms with Gasteiger partial charge in [-0.05, 0) is 53.4 Å². The molecule has 3 N–H and O–H groups in total. The number of fused-ring (bicyclic) bond motifs is 2. The fraction of sp³-hybridized carbons (Fsp3) is 0.343. The van der Waals surface area contributed by atoms with Gasteiger partial charge in [0.15, 0.2) is 5.60 Å². The number of aliphatic hydroxyl groups excluding tert-OH is 1. The van der Waals surface area contributed by atoms with E-state index in [1.54, 1.807) is 39.8 Å². The molecule has 234 valence electrons. The van der Waals surface area contributed by atoms with E-state index in [0.717, 1.165) is 26.9 Å². The molecule has 0 unspecified atom stereocenters. The number of anilines is 2. The summed E-state index contributed by atoms with van der Waals surface area (Å²) in [5.41, 5.74) is 3.09. The molecule has 1 fully saturated rings. The maximum absolute atomic E-state index is 14.1. The third-order valence-electron chi connectivity index (χ3n) is 9.15. The van der Waals surface area contributed by atoms with Crippen LogP contribution in [0.3, 0.4) is 0 Å². The Morgan fingerprint density at radius 3 is 2.69 bits per heavy atom. The maximum Gasteiger partial charge on any atom is 0.264 e. The molecule has 1 saturated heterocycles. The van der Waals surface area contributed by atoms with Gasteiger partial charge in [-0.25, -0.2) is 0 Å². The normalized spacial score (nSPS) is 22.1. The van der Waals surface area contributed by atoms with Crippen molar-refractivity contribution in [1.29, 1.82) is 0 Å². The lowest BCUT2D eigenvalue weighted by Gasteiger charge is -2.36. The lowest BCUT2D eigenvalue weighted by Crippen LogP contribution is -2.48. The minimum absolute atomic E-state index is 0.00343. The monoisotopic (exact) mass is 672 g/mol. The second kappa shape index (κ2) is 12.9. The molecule has 0 bridgehead atoms. The first-order valence-corrected chi connectivity index (χ1v) is 16.1. The number of aliphatic hydroxyl groups is 2. The Labute approximate surface area is 271 Å². The van der Waals surface area contributed by atoms with Crippen molar-refractivity contribution >= 4 is 45.0 Å². The van der Waals surface area contributed by atoms with Gasteiger partial charge >= 0.3 is 0 Å². The van der Waals surface area contributed by atoms with Crippen molar-refractivity contribution in [3.63, 3.8) is 0 Å². The van der Waals surface area contributed by atoms with Gasteiger partial charge in [0.05, 0.1) is 31.4 Å². The molecule has 3 aromatic carbocycles. The first-order chi connectivity index (χ1) is 21.7. The molecule has 3 aliphatic rings. The van der Waals surface area contributed by atoms with Gasteiger partial charge < -0.3 is 30.2 Å². The molecular formula is C35H37BrN4O5. The Hall–Kier alpha value is -3.83. The Kier molecular flexibility index (Phi) is 8.92. The number of carbonyl (C=O) groups is 3. The smallest absolute Gasteiger partial charge is 0.264 e. The number of hydrogen-bond donors (Lipinski definition) is 3. The summed E-state index contributed by atoms with van der Waals surface area (Å²) in [5.74, 6) is -1.22. The molecule has 6 rings (SSSR count). The number of nitrogens with one attached hydrogen (secondary N) is 1. The van der Waals surface area contributed by atoms with E-state index in [-0.39, 0.29) is 44.0 Å². The van der Waals surface area contributed by atoms with Gasteiger partial charge in [-0.15, -0.1) is 0 Å². The summed E-state index contributed by atoms with van der Waals surface area (Å²) in [7, 11) is 0. The van der Waals surface area contributed by atoms with Crippen LogP contribution in [0.1, 0.15) is 35.6 Å². The zero-order valence-electron chi connectivity index (χ0n) is 25.2. The standard InChI is InChI=1S/C35H37BrN4O5/c1-23(6-4-11-32(42)39-21-26-9-3-2-8-25(26)17-29(39)22-41)35(45)30-18-27(36)12-13-31(30)40(34(35)44)20-24-7-5-10-28(16-24)38-15-14-37-19-33(38)43/h2-10,12-13,16,18,23,29,37,41,45H,11,14-15,17,19-22H2,1H3/b6-4+/t23-,29+,35+/m1/s1. The number of rotatable bonds is 8. The molecule has 3 heterocycles. The summed E-state index contributed by atoms with van der Waals surface area (Å²) < 4.78 is 0.736. The van der Waals surface area contributed by atoms with Crippen molar-refractivity contribution in [2.75, 3.05) is 36.0 Å². The summed E-state index contributed by atoms with van der Waals surface area (Å²) in [4.78, 5) is 44.9. The van der Waals surface area contributed by atoms with Crippen LogP contribution < -0.4 is 15.1 Å². The quantitative estimate of drug-likeness (QED) is 0.315. The lowest BCUT2D eigenvalue weighted by molar-refractivity contribution is -0.139. The zero-order valence-corrected chi connectivity index (χ0v) is 26.7. The van der Waals surface area contributed by atoms with Crippen LogP contribution in [0.15, 0.2) is 83.4 Å². The molecule has 3 aliphatic heterocycles. The highest BCUT2D eigenvalue weighted by Gasteiger charge is 2.52. The molecule has 0 aliphatic carbocycles. The van der Waals surface area contributed by atoms with E-state index in [9.17, 15) is 24.6 Å². The highest BCUT2D eigenvalue weighted by Crippen LogP contribution is 2.47. The van der Waals surface area contributed by atoms with Gasteiger partial charge in [0.25, 0.3) is 5.91 Å². The Morgan fingerprint density at radius 1 is 1.11 bits per heavy atom. The molecule has 9 nitrogen and oxygen atoms in total.